The quantitative estimate of drug-likeness (QED) is 0.818. The summed E-state index contributed by atoms with van der Waals surface area (Å²) in [6, 6.07) is 3.56. The molecule has 22 heavy (non-hydrogen) atoms. The van der Waals surface area contributed by atoms with E-state index in [1.54, 1.807) is 44.3 Å². The predicted molar refractivity (Wildman–Crippen MR) is 84.0 cm³/mol. The molecule has 118 valence electrons. The van der Waals surface area contributed by atoms with Gasteiger partial charge in [0, 0.05) is 32.4 Å². The van der Waals surface area contributed by atoms with Crippen LogP contribution in [0.1, 0.15) is 5.56 Å². The lowest BCUT2D eigenvalue weighted by atomic mass is 10.2. The van der Waals surface area contributed by atoms with Crippen LogP contribution >= 0.6 is 11.6 Å². The Morgan fingerprint density at radius 1 is 1.45 bits per heavy atom. The fourth-order valence-corrected chi connectivity index (χ4v) is 1.92. The van der Waals surface area contributed by atoms with Crippen molar-refractivity contribution in [3.8, 4) is 5.88 Å². The van der Waals surface area contributed by atoms with Crippen molar-refractivity contribution in [1.82, 2.24) is 19.7 Å². The number of aromatic nitrogens is 3. The average molecular weight is 324 g/mol. The minimum absolute atomic E-state index is 0.0155. The van der Waals surface area contributed by atoms with E-state index in [1.165, 1.54) is 4.90 Å². The highest BCUT2D eigenvalue weighted by Crippen LogP contribution is 2.19. The van der Waals surface area contributed by atoms with Gasteiger partial charge in [-0.1, -0.05) is 11.6 Å². The Kier molecular flexibility index (Phi) is 5.21. The monoisotopic (exact) mass is 323 g/mol. The molecule has 8 heteroatoms. The van der Waals surface area contributed by atoms with Crippen LogP contribution in [0.25, 0.3) is 0 Å². The van der Waals surface area contributed by atoms with Gasteiger partial charge < -0.3 is 15.0 Å². The molecule has 2 rings (SSSR count). The molecule has 0 radical (unpaired) electrons. The van der Waals surface area contributed by atoms with Crippen LogP contribution < -0.4 is 10.1 Å². The number of amides is 1. The highest BCUT2D eigenvalue weighted by molar-refractivity contribution is 6.29. The minimum Gasteiger partial charge on any atom is -0.481 e. The lowest BCUT2D eigenvalue weighted by Gasteiger charge is -2.10. The van der Waals surface area contributed by atoms with Crippen molar-refractivity contribution in [2.24, 2.45) is 0 Å². The van der Waals surface area contributed by atoms with Gasteiger partial charge in [0.1, 0.15) is 11.7 Å². The third-order valence-electron chi connectivity index (χ3n) is 3.01. The fourth-order valence-electron chi connectivity index (χ4n) is 1.78. The Hall–Kier alpha value is -2.28. The molecule has 7 nitrogen and oxygen atoms in total. The number of nitrogens with zero attached hydrogens (tertiary/aromatic N) is 4. The molecule has 0 fully saturated rings. The van der Waals surface area contributed by atoms with Crippen molar-refractivity contribution in [1.29, 1.82) is 0 Å². The van der Waals surface area contributed by atoms with E-state index in [4.69, 9.17) is 16.3 Å². The zero-order valence-corrected chi connectivity index (χ0v) is 13.5. The van der Waals surface area contributed by atoms with E-state index < -0.39 is 0 Å². The molecule has 2 heterocycles. The minimum atomic E-state index is -0.0155. The number of nitrogens with one attached hydrogen (secondary N) is 1. The number of hydrogen-bond acceptors (Lipinski definition) is 5. The van der Waals surface area contributed by atoms with Gasteiger partial charge in [-0.25, -0.2) is 4.98 Å². The number of methoxy groups -OCH3 is 1. The number of halogens is 1. The topological polar surface area (TPSA) is 72.3 Å². The summed E-state index contributed by atoms with van der Waals surface area (Å²) in [5.41, 5.74) is 1.69. The van der Waals surface area contributed by atoms with Crippen molar-refractivity contribution < 1.29 is 9.53 Å². The number of carbonyl (C=O) groups is 1. The Morgan fingerprint density at radius 3 is 2.91 bits per heavy atom. The third-order valence-corrected chi connectivity index (χ3v) is 3.22. The maximum atomic E-state index is 11.6. The van der Waals surface area contributed by atoms with Gasteiger partial charge in [0.15, 0.2) is 0 Å². The van der Waals surface area contributed by atoms with Gasteiger partial charge in [0.05, 0.1) is 19.0 Å². The molecule has 0 aliphatic heterocycles. The lowest BCUT2D eigenvalue weighted by molar-refractivity contribution is -0.129. The van der Waals surface area contributed by atoms with Gasteiger partial charge in [-0.15, -0.1) is 0 Å². The number of anilines is 1. The molecular formula is C14H18ClN5O2. The summed E-state index contributed by atoms with van der Waals surface area (Å²) in [6.07, 6.45) is 3.44. The van der Waals surface area contributed by atoms with Gasteiger partial charge in [-0.2, -0.15) is 5.10 Å². The molecule has 2 aromatic rings. The molecule has 0 aromatic carbocycles. The number of carbonyl (C=O) groups excluding carboxylic acids is 1. The van der Waals surface area contributed by atoms with Gasteiger partial charge in [-0.3, -0.25) is 9.48 Å². The Labute approximate surface area is 133 Å². The molecular weight excluding hydrogens is 306 g/mol. The smallest absolute Gasteiger partial charge is 0.243 e. The first-order chi connectivity index (χ1) is 10.5. The van der Waals surface area contributed by atoms with Crippen LogP contribution in [-0.2, 0) is 17.9 Å². The maximum Gasteiger partial charge on any atom is 0.243 e. The van der Waals surface area contributed by atoms with Crippen LogP contribution in [0.15, 0.2) is 24.5 Å². The summed E-state index contributed by atoms with van der Waals surface area (Å²) < 4.78 is 6.78. The van der Waals surface area contributed by atoms with Crippen molar-refractivity contribution in [3.63, 3.8) is 0 Å². The molecule has 0 aliphatic carbocycles. The highest BCUT2D eigenvalue weighted by Gasteiger charge is 2.08. The molecule has 0 saturated heterocycles. The van der Waals surface area contributed by atoms with E-state index in [9.17, 15) is 4.79 Å². The maximum absolute atomic E-state index is 11.6. The largest absolute Gasteiger partial charge is 0.481 e. The number of hydrogen-bond donors (Lipinski definition) is 1. The molecule has 0 unspecified atom stereocenters. The molecule has 0 aliphatic rings. The number of rotatable bonds is 6. The summed E-state index contributed by atoms with van der Waals surface area (Å²) in [4.78, 5) is 17.3. The molecule has 1 N–H and O–H groups in total. The van der Waals surface area contributed by atoms with E-state index in [0.717, 1.165) is 11.3 Å². The molecule has 0 saturated carbocycles. The molecule has 0 bridgehead atoms. The Morgan fingerprint density at radius 2 is 2.23 bits per heavy atom. The van der Waals surface area contributed by atoms with Crippen LogP contribution in [0.2, 0.25) is 5.15 Å². The lowest BCUT2D eigenvalue weighted by Crippen LogP contribution is -2.26. The fraction of sp³-hybridized carbons (Fsp3) is 0.357. The second-order valence-electron chi connectivity index (χ2n) is 4.87. The van der Waals surface area contributed by atoms with Crippen LogP contribution in [0, 0.1) is 0 Å². The van der Waals surface area contributed by atoms with Crippen molar-refractivity contribution in [2.75, 3.05) is 26.5 Å². The Balaban J connectivity index is 1.98. The number of likely N-dealkylation sites (N-methyl/N-ethyl adjacent to an activating group) is 1. The Bertz CT molecular complexity index is 656. The summed E-state index contributed by atoms with van der Waals surface area (Å²) in [6.45, 7) is 0.723. The van der Waals surface area contributed by atoms with Gasteiger partial charge >= 0.3 is 0 Å². The van der Waals surface area contributed by atoms with Crippen molar-refractivity contribution >= 4 is 23.2 Å². The van der Waals surface area contributed by atoms with E-state index in [-0.39, 0.29) is 12.5 Å². The first-order valence-electron chi connectivity index (χ1n) is 6.65. The standard InChI is InChI=1S/C14H18ClN5O2/c1-19(2)13(21)9-20-8-11(7-17-20)16-6-10-4-5-12(15)18-14(10)22-3/h4-5,7-8,16H,6,9H2,1-3H3. The van der Waals surface area contributed by atoms with E-state index in [1.807, 2.05) is 6.07 Å². The normalized spacial score (nSPS) is 10.4. The summed E-state index contributed by atoms with van der Waals surface area (Å²) in [7, 11) is 4.97. The van der Waals surface area contributed by atoms with E-state index in [2.05, 4.69) is 15.4 Å². The third kappa shape index (κ3) is 4.11. The van der Waals surface area contributed by atoms with Crippen LogP contribution in [0.3, 0.4) is 0 Å². The SMILES string of the molecule is COc1nc(Cl)ccc1CNc1cnn(CC(=O)N(C)C)c1. The second-order valence-corrected chi connectivity index (χ2v) is 5.26. The molecule has 1 amide bonds. The van der Waals surface area contributed by atoms with Gasteiger partial charge in [0.25, 0.3) is 0 Å². The second kappa shape index (κ2) is 7.13. The van der Waals surface area contributed by atoms with E-state index >= 15 is 0 Å². The van der Waals surface area contributed by atoms with Crippen molar-refractivity contribution in [3.05, 3.63) is 35.2 Å². The molecule has 2 aromatic heterocycles. The zero-order chi connectivity index (χ0) is 16.1. The first-order valence-corrected chi connectivity index (χ1v) is 7.03. The predicted octanol–water partition coefficient (Wildman–Crippen LogP) is 1.64. The number of ether oxygens (including phenoxy) is 1. The highest BCUT2D eigenvalue weighted by atomic mass is 35.5. The van der Waals surface area contributed by atoms with Crippen LogP contribution in [0.4, 0.5) is 5.69 Å². The molecule has 0 atom stereocenters. The number of pyridine rings is 1. The summed E-state index contributed by atoms with van der Waals surface area (Å²) in [5, 5.41) is 7.74. The van der Waals surface area contributed by atoms with Gasteiger partial charge in [0.2, 0.25) is 11.8 Å². The average Bonchev–Trinajstić information content (AvgIpc) is 2.93. The van der Waals surface area contributed by atoms with E-state index in [0.29, 0.717) is 17.6 Å². The molecule has 0 spiro atoms. The first kappa shape index (κ1) is 16.1. The van der Waals surface area contributed by atoms with Crippen molar-refractivity contribution in [2.45, 2.75) is 13.1 Å². The van der Waals surface area contributed by atoms with Crippen LogP contribution in [-0.4, -0.2) is 46.8 Å². The summed E-state index contributed by atoms with van der Waals surface area (Å²) >= 11 is 5.83. The summed E-state index contributed by atoms with van der Waals surface area (Å²) in [5.74, 6) is 0.466. The zero-order valence-electron chi connectivity index (χ0n) is 12.7. The van der Waals surface area contributed by atoms with Gasteiger partial charge in [-0.05, 0) is 12.1 Å². The van der Waals surface area contributed by atoms with Crippen LogP contribution in [0.5, 0.6) is 5.88 Å².